The molecule has 0 aliphatic carbocycles. The van der Waals surface area contributed by atoms with Crippen LogP contribution in [-0.2, 0) is 0 Å². The third-order valence-electron chi connectivity index (χ3n) is 2.71. The lowest BCUT2D eigenvalue weighted by molar-refractivity contribution is 0.0698. The van der Waals surface area contributed by atoms with Crippen molar-refractivity contribution in [1.82, 2.24) is 4.90 Å². The van der Waals surface area contributed by atoms with E-state index in [0.717, 1.165) is 18.2 Å². The number of carbonyl (C=O) groups is 2. The van der Waals surface area contributed by atoms with Crippen molar-refractivity contribution in [2.75, 3.05) is 18.4 Å². The van der Waals surface area contributed by atoms with E-state index in [1.807, 2.05) is 20.8 Å². The van der Waals surface area contributed by atoms with Crippen LogP contribution < -0.4 is 5.32 Å². The van der Waals surface area contributed by atoms with E-state index in [1.165, 1.54) is 0 Å². The van der Waals surface area contributed by atoms with E-state index in [2.05, 4.69) is 5.32 Å². The second-order valence-electron chi connectivity index (χ2n) is 4.86. The van der Waals surface area contributed by atoms with Crippen LogP contribution in [0.15, 0.2) is 18.2 Å². The van der Waals surface area contributed by atoms with Gasteiger partial charge in [0.1, 0.15) is 5.82 Å². The number of urea groups is 1. The van der Waals surface area contributed by atoms with Crippen molar-refractivity contribution in [2.24, 2.45) is 5.92 Å². The lowest BCUT2D eigenvalue weighted by Crippen LogP contribution is -2.37. The number of carboxylic acids is 1. The summed E-state index contributed by atoms with van der Waals surface area (Å²) >= 11 is 0. The number of hydrogen-bond donors (Lipinski definition) is 2. The normalized spacial score (nSPS) is 10.4. The number of anilines is 1. The minimum absolute atomic E-state index is 0.0373. The minimum Gasteiger partial charge on any atom is -0.478 e. The van der Waals surface area contributed by atoms with Gasteiger partial charge in [-0.3, -0.25) is 0 Å². The van der Waals surface area contributed by atoms with Gasteiger partial charge in [-0.05, 0) is 31.0 Å². The van der Waals surface area contributed by atoms with E-state index < -0.39 is 17.8 Å². The number of aromatic carboxylic acids is 1. The van der Waals surface area contributed by atoms with Gasteiger partial charge >= 0.3 is 12.0 Å². The van der Waals surface area contributed by atoms with Gasteiger partial charge in [0.15, 0.2) is 0 Å². The number of halogens is 1. The van der Waals surface area contributed by atoms with Crippen LogP contribution in [0.3, 0.4) is 0 Å². The number of hydrogen-bond acceptors (Lipinski definition) is 2. The first-order valence-electron chi connectivity index (χ1n) is 6.43. The maximum absolute atomic E-state index is 13.2. The third-order valence-corrected chi connectivity index (χ3v) is 2.71. The number of carbonyl (C=O) groups excluding carboxylic acids is 1. The van der Waals surface area contributed by atoms with Gasteiger partial charge in [0.05, 0.1) is 11.3 Å². The third kappa shape index (κ3) is 4.22. The summed E-state index contributed by atoms with van der Waals surface area (Å²) in [6.45, 7) is 6.80. The monoisotopic (exact) mass is 282 g/mol. The van der Waals surface area contributed by atoms with Gasteiger partial charge in [0, 0.05) is 13.1 Å². The zero-order valence-corrected chi connectivity index (χ0v) is 11.8. The Morgan fingerprint density at radius 1 is 1.40 bits per heavy atom. The summed E-state index contributed by atoms with van der Waals surface area (Å²) < 4.78 is 13.2. The Balaban J connectivity index is 2.94. The molecule has 0 unspecified atom stereocenters. The molecule has 0 aliphatic heterocycles. The molecule has 1 rings (SSSR count). The van der Waals surface area contributed by atoms with E-state index in [0.29, 0.717) is 13.1 Å². The van der Waals surface area contributed by atoms with Crippen molar-refractivity contribution in [3.63, 3.8) is 0 Å². The molecule has 0 heterocycles. The second kappa shape index (κ2) is 6.88. The standard InChI is InChI=1S/C14H19FN2O3/c1-4-17(8-9(2)3)14(20)16-12-7-10(15)5-6-11(12)13(18)19/h5-7,9H,4,8H2,1-3H3,(H,16,20)(H,18,19). The molecule has 6 heteroatoms. The predicted molar refractivity (Wildman–Crippen MR) is 74.5 cm³/mol. The summed E-state index contributed by atoms with van der Waals surface area (Å²) in [4.78, 5) is 24.7. The number of nitrogens with zero attached hydrogens (tertiary/aromatic N) is 1. The maximum Gasteiger partial charge on any atom is 0.337 e. The van der Waals surface area contributed by atoms with Gasteiger partial charge in [-0.1, -0.05) is 13.8 Å². The maximum atomic E-state index is 13.2. The number of nitrogens with one attached hydrogen (secondary N) is 1. The van der Waals surface area contributed by atoms with Crippen molar-refractivity contribution in [3.05, 3.63) is 29.6 Å². The topological polar surface area (TPSA) is 69.6 Å². The van der Waals surface area contributed by atoms with Gasteiger partial charge in [-0.2, -0.15) is 0 Å². The second-order valence-corrected chi connectivity index (χ2v) is 4.86. The van der Waals surface area contributed by atoms with Gasteiger partial charge in [0.2, 0.25) is 0 Å². The number of benzene rings is 1. The van der Waals surface area contributed by atoms with E-state index in [-0.39, 0.29) is 17.2 Å². The molecule has 0 radical (unpaired) electrons. The fourth-order valence-electron chi connectivity index (χ4n) is 1.80. The zero-order valence-electron chi connectivity index (χ0n) is 11.8. The fraction of sp³-hybridized carbons (Fsp3) is 0.429. The molecule has 0 fully saturated rings. The average Bonchev–Trinajstić information content (AvgIpc) is 2.35. The van der Waals surface area contributed by atoms with Gasteiger partial charge < -0.3 is 15.3 Å². The Hall–Kier alpha value is -2.11. The summed E-state index contributed by atoms with van der Waals surface area (Å²) in [7, 11) is 0. The van der Waals surface area contributed by atoms with Gasteiger partial charge in [0.25, 0.3) is 0 Å². The van der Waals surface area contributed by atoms with Gasteiger partial charge in [-0.25, -0.2) is 14.0 Å². The molecule has 5 nitrogen and oxygen atoms in total. The Bertz CT molecular complexity index is 503. The molecule has 0 spiro atoms. The summed E-state index contributed by atoms with van der Waals surface area (Å²) in [5, 5.41) is 11.5. The summed E-state index contributed by atoms with van der Waals surface area (Å²) in [6, 6.07) is 2.75. The summed E-state index contributed by atoms with van der Waals surface area (Å²) in [5.74, 6) is -1.53. The van der Waals surface area contributed by atoms with Crippen LogP contribution in [0, 0.1) is 11.7 Å². The summed E-state index contributed by atoms with van der Waals surface area (Å²) in [5.41, 5.74) is -0.176. The highest BCUT2D eigenvalue weighted by Crippen LogP contribution is 2.18. The van der Waals surface area contributed by atoms with Crippen LogP contribution >= 0.6 is 0 Å². The molecule has 0 bridgehead atoms. The molecule has 1 aromatic rings. The molecular formula is C14H19FN2O3. The number of rotatable bonds is 5. The number of amides is 2. The Morgan fingerprint density at radius 3 is 2.55 bits per heavy atom. The van der Waals surface area contributed by atoms with Crippen LogP contribution in [0.5, 0.6) is 0 Å². The zero-order chi connectivity index (χ0) is 15.3. The summed E-state index contributed by atoms with van der Waals surface area (Å²) in [6.07, 6.45) is 0. The smallest absolute Gasteiger partial charge is 0.337 e. The predicted octanol–water partition coefficient (Wildman–Crippen LogP) is 3.03. The van der Waals surface area contributed by atoms with Crippen LogP contribution in [0.2, 0.25) is 0 Å². The highest BCUT2D eigenvalue weighted by atomic mass is 19.1. The fourth-order valence-corrected chi connectivity index (χ4v) is 1.80. The minimum atomic E-state index is -1.22. The number of carboxylic acid groups (broad SMARTS) is 1. The molecule has 2 N–H and O–H groups in total. The highest BCUT2D eigenvalue weighted by molar-refractivity contribution is 6.00. The SMILES string of the molecule is CCN(CC(C)C)C(=O)Nc1cc(F)ccc1C(=O)O. The van der Waals surface area contributed by atoms with Crippen LogP contribution in [0.25, 0.3) is 0 Å². The van der Waals surface area contributed by atoms with E-state index in [1.54, 1.807) is 4.90 Å². The Kier molecular flexibility index (Phi) is 5.49. The van der Waals surface area contributed by atoms with Crippen molar-refractivity contribution in [1.29, 1.82) is 0 Å². The molecule has 1 aromatic carbocycles. The van der Waals surface area contributed by atoms with Crippen molar-refractivity contribution >= 4 is 17.7 Å². The van der Waals surface area contributed by atoms with E-state index in [4.69, 9.17) is 5.11 Å². The molecule has 20 heavy (non-hydrogen) atoms. The Labute approximate surface area is 117 Å². The first-order chi connectivity index (χ1) is 9.35. The Morgan fingerprint density at radius 2 is 2.05 bits per heavy atom. The molecule has 2 amide bonds. The first-order valence-corrected chi connectivity index (χ1v) is 6.43. The van der Waals surface area contributed by atoms with Crippen molar-refractivity contribution < 1.29 is 19.1 Å². The molecule has 110 valence electrons. The van der Waals surface area contributed by atoms with Crippen LogP contribution in [-0.4, -0.2) is 35.1 Å². The average molecular weight is 282 g/mol. The van der Waals surface area contributed by atoms with Crippen molar-refractivity contribution in [3.8, 4) is 0 Å². The van der Waals surface area contributed by atoms with Crippen molar-refractivity contribution in [2.45, 2.75) is 20.8 Å². The quantitative estimate of drug-likeness (QED) is 0.872. The van der Waals surface area contributed by atoms with Gasteiger partial charge in [-0.15, -0.1) is 0 Å². The molecule has 0 saturated carbocycles. The van der Waals surface area contributed by atoms with E-state index in [9.17, 15) is 14.0 Å². The molecular weight excluding hydrogens is 263 g/mol. The lowest BCUT2D eigenvalue weighted by Gasteiger charge is -2.23. The molecule has 0 aromatic heterocycles. The largest absolute Gasteiger partial charge is 0.478 e. The molecule has 0 saturated heterocycles. The molecule has 0 atom stereocenters. The first kappa shape index (κ1) is 15.9. The van der Waals surface area contributed by atoms with E-state index >= 15 is 0 Å². The lowest BCUT2D eigenvalue weighted by atomic mass is 10.1. The molecule has 0 aliphatic rings. The van der Waals surface area contributed by atoms with Crippen LogP contribution in [0.1, 0.15) is 31.1 Å². The highest BCUT2D eigenvalue weighted by Gasteiger charge is 2.17. The van der Waals surface area contributed by atoms with Crippen LogP contribution in [0.4, 0.5) is 14.9 Å².